The van der Waals surface area contributed by atoms with Gasteiger partial charge in [0.25, 0.3) is 0 Å². The largest absolute Gasteiger partial charge is 0.469 e. The smallest absolute Gasteiger partial charge is 0.305 e. The number of hydrogen-bond acceptors (Lipinski definition) is 3. The summed E-state index contributed by atoms with van der Waals surface area (Å²) in [5, 5.41) is 0. The first-order valence-electron chi connectivity index (χ1n) is 7.46. The molecule has 0 atom stereocenters. The van der Waals surface area contributed by atoms with Crippen molar-refractivity contribution in [3.05, 3.63) is 60.2 Å². The predicted molar refractivity (Wildman–Crippen MR) is 86.7 cm³/mol. The van der Waals surface area contributed by atoms with Crippen molar-refractivity contribution in [1.82, 2.24) is 0 Å². The first kappa shape index (κ1) is 16.0. The maximum absolute atomic E-state index is 12.1. The molecule has 2 aromatic rings. The van der Waals surface area contributed by atoms with Crippen LogP contribution in [0.5, 0.6) is 0 Å². The molecule has 3 nitrogen and oxygen atoms in total. The van der Waals surface area contributed by atoms with Gasteiger partial charge in [0.05, 0.1) is 7.11 Å². The van der Waals surface area contributed by atoms with E-state index in [4.69, 9.17) is 0 Å². The minimum Gasteiger partial charge on any atom is -0.469 e. The molecule has 0 radical (unpaired) electrons. The van der Waals surface area contributed by atoms with Crippen molar-refractivity contribution in [2.24, 2.45) is 0 Å². The molecule has 0 bridgehead atoms. The summed E-state index contributed by atoms with van der Waals surface area (Å²) in [4.78, 5) is 23.1. The summed E-state index contributed by atoms with van der Waals surface area (Å²) in [5.41, 5.74) is 2.96. The van der Waals surface area contributed by atoms with Crippen molar-refractivity contribution in [2.45, 2.75) is 25.7 Å². The van der Waals surface area contributed by atoms with E-state index in [1.54, 1.807) is 0 Å². The molecule has 0 aliphatic heterocycles. The van der Waals surface area contributed by atoms with E-state index in [-0.39, 0.29) is 11.8 Å². The van der Waals surface area contributed by atoms with E-state index in [2.05, 4.69) is 4.74 Å². The molecule has 0 spiro atoms. The van der Waals surface area contributed by atoms with Crippen molar-refractivity contribution >= 4 is 11.8 Å². The van der Waals surface area contributed by atoms with Crippen molar-refractivity contribution in [3.63, 3.8) is 0 Å². The van der Waals surface area contributed by atoms with Gasteiger partial charge in [-0.25, -0.2) is 0 Å². The lowest BCUT2D eigenvalue weighted by molar-refractivity contribution is -0.140. The molecule has 0 aromatic heterocycles. The van der Waals surface area contributed by atoms with Crippen LogP contribution in [0.2, 0.25) is 0 Å². The average molecular weight is 296 g/mol. The van der Waals surface area contributed by atoms with E-state index in [1.807, 2.05) is 54.6 Å². The Bertz CT molecular complexity index is 615. The first-order valence-corrected chi connectivity index (χ1v) is 7.46. The molecule has 2 aromatic carbocycles. The lowest BCUT2D eigenvalue weighted by Crippen LogP contribution is -2.02. The summed E-state index contributed by atoms with van der Waals surface area (Å²) in [5.74, 6) is -0.107. The molecule has 0 amide bonds. The van der Waals surface area contributed by atoms with Gasteiger partial charge in [-0.2, -0.15) is 0 Å². The van der Waals surface area contributed by atoms with Crippen molar-refractivity contribution in [3.8, 4) is 11.1 Å². The number of esters is 1. The van der Waals surface area contributed by atoms with E-state index in [0.29, 0.717) is 25.7 Å². The van der Waals surface area contributed by atoms with Gasteiger partial charge >= 0.3 is 5.97 Å². The summed E-state index contributed by atoms with van der Waals surface area (Å²) >= 11 is 0. The highest BCUT2D eigenvalue weighted by atomic mass is 16.5. The Morgan fingerprint density at radius 1 is 0.818 bits per heavy atom. The Kier molecular flexibility index (Phi) is 5.90. The van der Waals surface area contributed by atoms with Crippen LogP contribution in [-0.2, 0) is 9.53 Å². The molecular formula is C19H20O3. The predicted octanol–water partition coefficient (Wildman–Crippen LogP) is 4.27. The third-order valence-electron chi connectivity index (χ3n) is 3.58. The van der Waals surface area contributed by atoms with Crippen LogP contribution < -0.4 is 0 Å². The molecular weight excluding hydrogens is 276 g/mol. The first-order chi connectivity index (χ1) is 10.7. The molecule has 2 rings (SSSR count). The van der Waals surface area contributed by atoms with Crippen molar-refractivity contribution < 1.29 is 14.3 Å². The van der Waals surface area contributed by atoms with Gasteiger partial charge in [0, 0.05) is 18.4 Å². The molecule has 114 valence electrons. The second-order valence-corrected chi connectivity index (χ2v) is 5.15. The average Bonchev–Trinajstić information content (AvgIpc) is 2.59. The summed E-state index contributed by atoms with van der Waals surface area (Å²) in [6.07, 6.45) is 2.22. The fourth-order valence-electron chi connectivity index (χ4n) is 2.28. The molecule has 22 heavy (non-hydrogen) atoms. The van der Waals surface area contributed by atoms with Gasteiger partial charge in [-0.1, -0.05) is 54.6 Å². The van der Waals surface area contributed by atoms with Gasteiger partial charge in [-0.3, -0.25) is 9.59 Å². The summed E-state index contributed by atoms with van der Waals surface area (Å²) in [6.45, 7) is 0. The SMILES string of the molecule is COC(=O)CCCCC(=O)c1ccc(-c2ccccc2)cc1. The quantitative estimate of drug-likeness (QED) is 0.435. The fraction of sp³-hybridized carbons (Fsp3) is 0.263. The van der Waals surface area contributed by atoms with E-state index >= 15 is 0 Å². The van der Waals surface area contributed by atoms with Crippen LogP contribution in [0.15, 0.2) is 54.6 Å². The highest BCUT2D eigenvalue weighted by Gasteiger charge is 2.07. The fourth-order valence-corrected chi connectivity index (χ4v) is 2.28. The van der Waals surface area contributed by atoms with Gasteiger partial charge in [0.1, 0.15) is 0 Å². The number of hydrogen-bond donors (Lipinski definition) is 0. The number of rotatable bonds is 7. The summed E-state index contributed by atoms with van der Waals surface area (Å²) < 4.78 is 4.57. The van der Waals surface area contributed by atoms with Gasteiger partial charge in [0.15, 0.2) is 5.78 Å². The molecule has 0 fully saturated rings. The van der Waals surface area contributed by atoms with E-state index in [9.17, 15) is 9.59 Å². The van der Waals surface area contributed by atoms with Gasteiger partial charge in [-0.05, 0) is 24.0 Å². The molecule has 0 saturated carbocycles. The van der Waals surface area contributed by atoms with Crippen LogP contribution in [0, 0.1) is 0 Å². The minimum atomic E-state index is -0.223. The number of carbonyl (C=O) groups is 2. The lowest BCUT2D eigenvalue weighted by Gasteiger charge is -2.04. The third-order valence-corrected chi connectivity index (χ3v) is 3.58. The van der Waals surface area contributed by atoms with Crippen LogP contribution in [0.1, 0.15) is 36.0 Å². The van der Waals surface area contributed by atoms with Crippen LogP contribution in [0.4, 0.5) is 0 Å². The van der Waals surface area contributed by atoms with E-state index in [1.165, 1.54) is 7.11 Å². The molecule has 0 unspecified atom stereocenters. The molecule has 3 heteroatoms. The Labute approximate surface area is 130 Å². The normalized spacial score (nSPS) is 10.2. The minimum absolute atomic E-state index is 0.115. The van der Waals surface area contributed by atoms with Crippen molar-refractivity contribution in [2.75, 3.05) is 7.11 Å². The Balaban J connectivity index is 1.87. The zero-order valence-electron chi connectivity index (χ0n) is 12.7. The van der Waals surface area contributed by atoms with Gasteiger partial charge < -0.3 is 4.74 Å². The number of unbranched alkanes of at least 4 members (excludes halogenated alkanes) is 1. The van der Waals surface area contributed by atoms with E-state index in [0.717, 1.165) is 16.7 Å². The van der Waals surface area contributed by atoms with Crippen LogP contribution in [0.3, 0.4) is 0 Å². The number of ketones is 1. The molecule has 0 aliphatic carbocycles. The number of methoxy groups -OCH3 is 1. The van der Waals surface area contributed by atoms with Crippen LogP contribution in [0.25, 0.3) is 11.1 Å². The third kappa shape index (κ3) is 4.55. The molecule has 0 aliphatic rings. The second kappa shape index (κ2) is 8.13. The van der Waals surface area contributed by atoms with Gasteiger partial charge in [-0.15, -0.1) is 0 Å². The summed E-state index contributed by atoms with van der Waals surface area (Å²) in [6, 6.07) is 17.7. The Hall–Kier alpha value is -2.42. The van der Waals surface area contributed by atoms with Crippen LogP contribution in [-0.4, -0.2) is 18.9 Å². The zero-order valence-corrected chi connectivity index (χ0v) is 12.7. The standard InChI is InChI=1S/C19H20O3/c1-22-19(21)10-6-5-9-18(20)17-13-11-16(12-14-17)15-7-3-2-4-8-15/h2-4,7-8,11-14H,5-6,9-10H2,1H3. The number of Topliss-reactive ketones (excluding diaryl/α,β-unsaturated/α-hetero) is 1. The van der Waals surface area contributed by atoms with E-state index < -0.39 is 0 Å². The number of ether oxygens (including phenoxy) is 1. The maximum Gasteiger partial charge on any atom is 0.305 e. The lowest BCUT2D eigenvalue weighted by atomic mass is 10.0. The zero-order chi connectivity index (χ0) is 15.8. The molecule has 0 N–H and O–H groups in total. The Morgan fingerprint density at radius 3 is 2.05 bits per heavy atom. The monoisotopic (exact) mass is 296 g/mol. The van der Waals surface area contributed by atoms with Crippen LogP contribution >= 0.6 is 0 Å². The van der Waals surface area contributed by atoms with Crippen molar-refractivity contribution in [1.29, 1.82) is 0 Å². The number of carbonyl (C=O) groups excluding carboxylic acids is 2. The highest BCUT2D eigenvalue weighted by molar-refractivity contribution is 5.96. The summed E-state index contributed by atoms with van der Waals surface area (Å²) in [7, 11) is 1.38. The Morgan fingerprint density at radius 2 is 1.41 bits per heavy atom. The molecule has 0 saturated heterocycles. The molecule has 0 heterocycles. The highest BCUT2D eigenvalue weighted by Crippen LogP contribution is 2.20. The number of benzene rings is 2. The topological polar surface area (TPSA) is 43.4 Å². The second-order valence-electron chi connectivity index (χ2n) is 5.15. The maximum atomic E-state index is 12.1. The van der Waals surface area contributed by atoms with Gasteiger partial charge in [0.2, 0.25) is 0 Å².